The number of carbonyl (C=O) groups excluding carboxylic acids is 1. The Bertz CT molecular complexity index is 555. The standard InChI is InChI=1S/C16H25N5O2S.HI/c1-17-16(19-5-4-14-18-6-12-24-14)21-9-7-20(8-10-21)15(22)13-3-2-11-23-13;/h6,12-13H,2-5,7-11H2,1H3,(H,17,19);1H. The van der Waals surface area contributed by atoms with Crippen LogP contribution in [-0.2, 0) is 16.0 Å². The van der Waals surface area contributed by atoms with Crippen LogP contribution in [0.1, 0.15) is 17.8 Å². The number of rotatable bonds is 4. The number of carbonyl (C=O) groups is 1. The molecule has 2 aliphatic rings. The van der Waals surface area contributed by atoms with Gasteiger partial charge in [0, 0.05) is 64.4 Å². The summed E-state index contributed by atoms with van der Waals surface area (Å²) in [6.07, 6.45) is 4.37. The molecule has 0 bridgehead atoms. The lowest BCUT2D eigenvalue weighted by Gasteiger charge is -2.37. The number of thiazole rings is 1. The summed E-state index contributed by atoms with van der Waals surface area (Å²) in [7, 11) is 1.80. The maximum atomic E-state index is 12.4. The topological polar surface area (TPSA) is 70.1 Å². The lowest BCUT2D eigenvalue weighted by Crippen LogP contribution is -2.55. The van der Waals surface area contributed by atoms with Crippen LogP contribution in [0.4, 0.5) is 0 Å². The minimum Gasteiger partial charge on any atom is -0.368 e. The summed E-state index contributed by atoms with van der Waals surface area (Å²) in [6, 6.07) is 0. The van der Waals surface area contributed by atoms with Gasteiger partial charge in [-0.2, -0.15) is 0 Å². The largest absolute Gasteiger partial charge is 0.368 e. The van der Waals surface area contributed by atoms with Crippen LogP contribution in [0.5, 0.6) is 0 Å². The zero-order valence-electron chi connectivity index (χ0n) is 14.5. The fourth-order valence-electron chi connectivity index (χ4n) is 3.10. The SMILES string of the molecule is CN=C(NCCc1nccs1)N1CCN(C(=O)C2CCCO2)CC1.I. The highest BCUT2D eigenvalue weighted by Crippen LogP contribution is 2.16. The Kier molecular flexibility index (Phi) is 8.37. The molecule has 7 nitrogen and oxygen atoms in total. The van der Waals surface area contributed by atoms with Gasteiger partial charge in [0.25, 0.3) is 5.91 Å². The number of halogens is 1. The van der Waals surface area contributed by atoms with Gasteiger partial charge in [-0.05, 0) is 12.8 Å². The summed E-state index contributed by atoms with van der Waals surface area (Å²) in [6.45, 7) is 4.59. The smallest absolute Gasteiger partial charge is 0.251 e. The zero-order chi connectivity index (χ0) is 16.8. The number of ether oxygens (including phenoxy) is 1. The molecule has 1 atom stereocenters. The fourth-order valence-corrected chi connectivity index (χ4v) is 3.73. The summed E-state index contributed by atoms with van der Waals surface area (Å²) >= 11 is 1.67. The van der Waals surface area contributed by atoms with Gasteiger partial charge in [-0.15, -0.1) is 35.3 Å². The first-order valence-electron chi connectivity index (χ1n) is 8.52. The number of hydrogen-bond donors (Lipinski definition) is 1. The third-order valence-corrected chi connectivity index (χ3v) is 5.25. The molecule has 2 fully saturated rings. The van der Waals surface area contributed by atoms with Gasteiger partial charge in [-0.25, -0.2) is 4.98 Å². The third kappa shape index (κ3) is 5.52. The number of nitrogens with zero attached hydrogens (tertiary/aromatic N) is 4. The van der Waals surface area contributed by atoms with Gasteiger partial charge < -0.3 is 19.9 Å². The van der Waals surface area contributed by atoms with Crippen molar-refractivity contribution in [1.29, 1.82) is 0 Å². The lowest BCUT2D eigenvalue weighted by molar-refractivity contribution is -0.142. The maximum absolute atomic E-state index is 12.4. The molecule has 9 heteroatoms. The normalized spacial score (nSPS) is 21.2. The first-order chi connectivity index (χ1) is 11.8. The zero-order valence-corrected chi connectivity index (χ0v) is 17.7. The van der Waals surface area contributed by atoms with Crippen LogP contribution < -0.4 is 5.32 Å². The van der Waals surface area contributed by atoms with E-state index in [-0.39, 0.29) is 36.0 Å². The molecular weight excluding hydrogens is 453 g/mol. The molecule has 1 amide bonds. The predicted octanol–water partition coefficient (Wildman–Crippen LogP) is 1.20. The molecule has 1 aromatic heterocycles. The Morgan fingerprint density at radius 2 is 2.16 bits per heavy atom. The Hall–Kier alpha value is -0.940. The van der Waals surface area contributed by atoms with Gasteiger partial charge in [0.15, 0.2) is 5.96 Å². The van der Waals surface area contributed by atoms with Crippen molar-refractivity contribution in [3.8, 4) is 0 Å². The van der Waals surface area contributed by atoms with Crippen molar-refractivity contribution in [3.63, 3.8) is 0 Å². The van der Waals surface area contributed by atoms with E-state index in [1.807, 2.05) is 16.5 Å². The van der Waals surface area contributed by atoms with E-state index in [1.54, 1.807) is 18.4 Å². The van der Waals surface area contributed by atoms with E-state index in [0.29, 0.717) is 6.61 Å². The summed E-state index contributed by atoms with van der Waals surface area (Å²) in [5.74, 6) is 1.05. The highest BCUT2D eigenvalue weighted by Gasteiger charge is 2.30. The highest BCUT2D eigenvalue weighted by molar-refractivity contribution is 14.0. The predicted molar refractivity (Wildman–Crippen MR) is 110 cm³/mol. The molecule has 0 radical (unpaired) electrons. The van der Waals surface area contributed by atoms with Crippen LogP contribution >= 0.6 is 35.3 Å². The average Bonchev–Trinajstić information content (AvgIpc) is 3.32. The van der Waals surface area contributed by atoms with Crippen molar-refractivity contribution in [1.82, 2.24) is 20.1 Å². The van der Waals surface area contributed by atoms with Gasteiger partial charge in [0.2, 0.25) is 0 Å². The van der Waals surface area contributed by atoms with Crippen molar-refractivity contribution in [3.05, 3.63) is 16.6 Å². The van der Waals surface area contributed by atoms with Crippen molar-refractivity contribution >= 4 is 47.2 Å². The lowest BCUT2D eigenvalue weighted by atomic mass is 10.2. The summed E-state index contributed by atoms with van der Waals surface area (Å²) < 4.78 is 5.51. The molecule has 0 aliphatic carbocycles. The summed E-state index contributed by atoms with van der Waals surface area (Å²) in [4.78, 5) is 25.2. The fraction of sp³-hybridized carbons (Fsp3) is 0.688. The molecule has 140 valence electrons. The molecule has 3 rings (SSSR count). The van der Waals surface area contributed by atoms with Gasteiger partial charge in [0.05, 0.1) is 5.01 Å². The van der Waals surface area contributed by atoms with E-state index >= 15 is 0 Å². The van der Waals surface area contributed by atoms with Crippen LogP contribution in [0.3, 0.4) is 0 Å². The van der Waals surface area contributed by atoms with Crippen molar-refractivity contribution in [2.75, 3.05) is 46.4 Å². The van der Waals surface area contributed by atoms with Crippen molar-refractivity contribution in [2.45, 2.75) is 25.4 Å². The number of amides is 1. The van der Waals surface area contributed by atoms with E-state index in [0.717, 1.165) is 63.0 Å². The molecular formula is C16H26IN5O2S. The molecule has 1 aromatic rings. The van der Waals surface area contributed by atoms with Crippen LogP contribution in [0.15, 0.2) is 16.6 Å². The van der Waals surface area contributed by atoms with E-state index in [1.165, 1.54) is 0 Å². The second kappa shape index (κ2) is 10.3. The number of aromatic nitrogens is 1. The Morgan fingerprint density at radius 1 is 1.40 bits per heavy atom. The second-order valence-corrected chi connectivity index (χ2v) is 6.94. The monoisotopic (exact) mass is 479 g/mol. The van der Waals surface area contributed by atoms with Gasteiger partial charge in [0.1, 0.15) is 6.10 Å². The Labute approximate surface area is 169 Å². The van der Waals surface area contributed by atoms with Crippen LogP contribution in [-0.4, -0.2) is 79.1 Å². The quantitative estimate of drug-likeness (QED) is 0.400. The number of guanidine groups is 1. The molecule has 25 heavy (non-hydrogen) atoms. The van der Waals surface area contributed by atoms with Crippen LogP contribution in [0, 0.1) is 0 Å². The van der Waals surface area contributed by atoms with E-state index in [2.05, 4.69) is 20.2 Å². The molecule has 0 saturated carbocycles. The molecule has 1 unspecified atom stereocenters. The minimum atomic E-state index is -0.215. The molecule has 2 aliphatic heterocycles. The van der Waals surface area contributed by atoms with E-state index in [9.17, 15) is 4.79 Å². The van der Waals surface area contributed by atoms with Gasteiger partial charge >= 0.3 is 0 Å². The van der Waals surface area contributed by atoms with Gasteiger partial charge in [-0.3, -0.25) is 9.79 Å². The van der Waals surface area contributed by atoms with Crippen LogP contribution in [0.25, 0.3) is 0 Å². The molecule has 1 N–H and O–H groups in total. The first kappa shape index (κ1) is 20.4. The number of piperazine rings is 1. The minimum absolute atomic E-state index is 0. The number of aliphatic imine (C=N–C) groups is 1. The van der Waals surface area contributed by atoms with E-state index < -0.39 is 0 Å². The highest BCUT2D eigenvalue weighted by atomic mass is 127. The molecule has 2 saturated heterocycles. The average molecular weight is 479 g/mol. The molecule has 0 spiro atoms. The first-order valence-corrected chi connectivity index (χ1v) is 9.40. The summed E-state index contributed by atoms with van der Waals surface area (Å²) in [5.41, 5.74) is 0. The Balaban J connectivity index is 0.00000225. The number of hydrogen-bond acceptors (Lipinski definition) is 5. The van der Waals surface area contributed by atoms with E-state index in [4.69, 9.17) is 4.74 Å². The number of nitrogens with one attached hydrogen (secondary N) is 1. The third-order valence-electron chi connectivity index (χ3n) is 4.41. The Morgan fingerprint density at radius 3 is 2.76 bits per heavy atom. The van der Waals surface area contributed by atoms with Gasteiger partial charge in [-0.1, -0.05) is 0 Å². The maximum Gasteiger partial charge on any atom is 0.251 e. The molecule has 0 aromatic carbocycles. The van der Waals surface area contributed by atoms with Crippen molar-refractivity contribution < 1.29 is 9.53 Å². The summed E-state index contributed by atoms with van der Waals surface area (Å²) in [5, 5.41) is 6.52. The van der Waals surface area contributed by atoms with Crippen molar-refractivity contribution in [2.24, 2.45) is 4.99 Å². The second-order valence-electron chi connectivity index (χ2n) is 5.96. The molecule has 3 heterocycles. The van der Waals surface area contributed by atoms with Crippen LogP contribution in [0.2, 0.25) is 0 Å².